The maximum atomic E-state index is 12.1. The fraction of sp³-hybridized carbons (Fsp3) is 0.312. The molecule has 132 valence electrons. The van der Waals surface area contributed by atoms with Crippen molar-refractivity contribution in [1.82, 2.24) is 10.9 Å². The summed E-state index contributed by atoms with van der Waals surface area (Å²) >= 11 is 17.1. The Hall–Kier alpha value is -1.83. The number of anilines is 1. The summed E-state index contributed by atoms with van der Waals surface area (Å²) in [5.41, 5.74) is 5.70. The zero-order valence-electron chi connectivity index (χ0n) is 13.4. The van der Waals surface area contributed by atoms with Crippen LogP contribution in [0.5, 0.6) is 0 Å². The first-order valence-electron chi connectivity index (χ1n) is 7.42. The lowest BCUT2D eigenvalue weighted by molar-refractivity contribution is -0.126. The van der Waals surface area contributed by atoms with Gasteiger partial charge in [-0.1, -0.05) is 0 Å². The molecule has 25 heavy (non-hydrogen) atoms. The third-order valence-electron chi connectivity index (χ3n) is 4.26. The molecule has 0 bridgehead atoms. The second-order valence-corrected chi connectivity index (χ2v) is 8.10. The average Bonchev–Trinajstić information content (AvgIpc) is 3.04. The molecule has 0 spiro atoms. The highest BCUT2D eigenvalue weighted by Crippen LogP contribution is 2.63. The average molecular weight is 400 g/mol. The Labute approximate surface area is 158 Å². The van der Waals surface area contributed by atoms with E-state index in [2.05, 4.69) is 16.2 Å². The lowest BCUT2D eigenvalue weighted by Gasteiger charge is -2.15. The Balaban J connectivity index is 1.64. The number of hydrogen-bond donors (Lipinski definition) is 3. The standard InChI is InChI=1S/C16H15Cl2N3O3S/c1-8-5-12(22)24-11-6-9(3-4-10(8)11)19-14(25)21-20-13(23)15(2)7-16(15,17)18/h3-6H,7H2,1-2H3,(H,20,23)(H2,19,21,25)/t15-/m0/s1. The molecule has 0 saturated heterocycles. The van der Waals surface area contributed by atoms with Crippen molar-refractivity contribution in [1.29, 1.82) is 0 Å². The van der Waals surface area contributed by atoms with Crippen molar-refractivity contribution < 1.29 is 9.21 Å². The molecule has 0 aliphatic heterocycles. The molecule has 9 heteroatoms. The molecule has 3 rings (SSSR count). The molecule has 6 nitrogen and oxygen atoms in total. The fourth-order valence-corrected chi connectivity index (χ4v) is 3.34. The zero-order valence-corrected chi connectivity index (χ0v) is 15.7. The topological polar surface area (TPSA) is 83.4 Å². The van der Waals surface area contributed by atoms with E-state index >= 15 is 0 Å². The number of fused-ring (bicyclic) bond motifs is 1. The minimum atomic E-state index is -1.05. The number of alkyl halides is 2. The Morgan fingerprint density at radius 3 is 2.60 bits per heavy atom. The van der Waals surface area contributed by atoms with Gasteiger partial charge in [0.2, 0.25) is 5.91 Å². The van der Waals surface area contributed by atoms with Gasteiger partial charge >= 0.3 is 5.63 Å². The van der Waals surface area contributed by atoms with E-state index in [0.29, 0.717) is 17.7 Å². The van der Waals surface area contributed by atoms with Crippen LogP contribution in [0.25, 0.3) is 11.0 Å². The molecule has 1 aliphatic rings. The molecule has 1 saturated carbocycles. The maximum absolute atomic E-state index is 12.1. The van der Waals surface area contributed by atoms with Crippen molar-refractivity contribution >= 4 is 63.1 Å². The minimum absolute atomic E-state index is 0.168. The molecule has 0 unspecified atom stereocenters. The monoisotopic (exact) mass is 399 g/mol. The lowest BCUT2D eigenvalue weighted by atomic mass is 10.1. The van der Waals surface area contributed by atoms with Crippen molar-refractivity contribution in [2.24, 2.45) is 5.41 Å². The zero-order chi connectivity index (χ0) is 18.4. The van der Waals surface area contributed by atoms with Crippen LogP contribution in [-0.4, -0.2) is 15.4 Å². The van der Waals surface area contributed by atoms with E-state index in [-0.39, 0.29) is 11.0 Å². The first-order chi connectivity index (χ1) is 11.6. The van der Waals surface area contributed by atoms with Gasteiger partial charge in [0, 0.05) is 23.2 Å². The predicted molar refractivity (Wildman–Crippen MR) is 102 cm³/mol. The second kappa shape index (κ2) is 6.16. The third-order valence-corrected chi connectivity index (χ3v) is 5.56. The van der Waals surface area contributed by atoms with Gasteiger partial charge in [0.05, 0.1) is 5.41 Å². The highest BCUT2D eigenvalue weighted by Gasteiger charge is 2.68. The van der Waals surface area contributed by atoms with Gasteiger partial charge in [0.25, 0.3) is 0 Å². The summed E-state index contributed by atoms with van der Waals surface area (Å²) in [6.45, 7) is 3.51. The Bertz CT molecular complexity index is 944. The summed E-state index contributed by atoms with van der Waals surface area (Å²) < 4.78 is 4.13. The molecule has 1 atom stereocenters. The Morgan fingerprint density at radius 1 is 1.28 bits per heavy atom. The molecule has 2 aromatic rings. The summed E-state index contributed by atoms with van der Waals surface area (Å²) in [7, 11) is 0. The number of amides is 1. The quantitative estimate of drug-likeness (QED) is 0.311. The first-order valence-corrected chi connectivity index (χ1v) is 8.59. The number of nitrogens with one attached hydrogen (secondary N) is 3. The van der Waals surface area contributed by atoms with Crippen LogP contribution >= 0.6 is 35.4 Å². The van der Waals surface area contributed by atoms with E-state index in [0.717, 1.165) is 10.9 Å². The molecule has 1 amide bonds. The molecule has 1 heterocycles. The van der Waals surface area contributed by atoms with Crippen molar-refractivity contribution in [2.75, 3.05) is 5.32 Å². The summed E-state index contributed by atoms with van der Waals surface area (Å²) in [5, 5.41) is 3.90. The minimum Gasteiger partial charge on any atom is -0.423 e. The number of carbonyl (C=O) groups is 1. The Morgan fingerprint density at radius 2 is 1.96 bits per heavy atom. The van der Waals surface area contributed by atoms with E-state index in [1.54, 1.807) is 19.1 Å². The van der Waals surface area contributed by atoms with E-state index in [9.17, 15) is 9.59 Å². The van der Waals surface area contributed by atoms with Gasteiger partial charge in [-0.15, -0.1) is 23.2 Å². The largest absolute Gasteiger partial charge is 0.423 e. The van der Waals surface area contributed by atoms with Gasteiger partial charge in [0.15, 0.2) is 5.11 Å². The van der Waals surface area contributed by atoms with E-state index in [1.165, 1.54) is 6.07 Å². The summed E-state index contributed by atoms with van der Waals surface area (Å²) in [6, 6.07) is 6.70. The van der Waals surface area contributed by atoms with Crippen molar-refractivity contribution in [2.45, 2.75) is 24.6 Å². The normalized spacial score (nSPS) is 20.8. The number of thiocarbonyl (C=S) groups is 1. The fourth-order valence-electron chi connectivity index (χ4n) is 2.46. The number of benzene rings is 1. The molecule has 1 aromatic carbocycles. The van der Waals surface area contributed by atoms with Crippen LogP contribution in [0.2, 0.25) is 0 Å². The van der Waals surface area contributed by atoms with Gasteiger partial charge < -0.3 is 9.73 Å². The molecule has 3 N–H and O–H groups in total. The summed E-state index contributed by atoms with van der Waals surface area (Å²) in [4.78, 5) is 23.5. The molecular weight excluding hydrogens is 385 g/mol. The number of aryl methyl sites for hydroxylation is 1. The second-order valence-electron chi connectivity index (χ2n) is 6.21. The number of rotatable bonds is 2. The molecular formula is C16H15Cl2N3O3S. The predicted octanol–water partition coefficient (Wildman–Crippen LogP) is 3.00. The van der Waals surface area contributed by atoms with Crippen LogP contribution in [0.1, 0.15) is 18.9 Å². The number of hydrazine groups is 1. The highest BCUT2D eigenvalue weighted by molar-refractivity contribution is 7.80. The van der Waals surface area contributed by atoms with Crippen LogP contribution in [0.3, 0.4) is 0 Å². The van der Waals surface area contributed by atoms with E-state index in [4.69, 9.17) is 39.8 Å². The van der Waals surface area contributed by atoms with Crippen molar-refractivity contribution in [3.05, 3.63) is 40.2 Å². The van der Waals surface area contributed by atoms with Crippen LogP contribution in [0.4, 0.5) is 5.69 Å². The molecule has 1 aliphatic carbocycles. The third kappa shape index (κ3) is 3.44. The van der Waals surface area contributed by atoms with Gasteiger partial charge in [-0.05, 0) is 50.2 Å². The number of halogens is 2. The highest BCUT2D eigenvalue weighted by atomic mass is 35.5. The van der Waals surface area contributed by atoms with Gasteiger partial charge in [-0.2, -0.15) is 0 Å². The molecule has 1 fully saturated rings. The van der Waals surface area contributed by atoms with E-state index in [1.807, 2.05) is 13.0 Å². The van der Waals surface area contributed by atoms with Gasteiger partial charge in [-0.25, -0.2) is 4.79 Å². The van der Waals surface area contributed by atoms with E-state index < -0.39 is 15.4 Å². The van der Waals surface area contributed by atoms with Crippen LogP contribution in [0, 0.1) is 12.3 Å². The SMILES string of the molecule is Cc1cc(=O)oc2cc(NC(=S)NNC(=O)[C@]3(C)CC3(Cl)Cl)ccc12. The maximum Gasteiger partial charge on any atom is 0.336 e. The summed E-state index contributed by atoms with van der Waals surface area (Å²) in [5.74, 6) is -0.346. The number of hydrogen-bond acceptors (Lipinski definition) is 4. The Kier molecular flexibility index (Phi) is 4.43. The first kappa shape index (κ1) is 18.0. The van der Waals surface area contributed by atoms with Gasteiger partial charge in [0.1, 0.15) is 9.92 Å². The van der Waals surface area contributed by atoms with Gasteiger partial charge in [-0.3, -0.25) is 15.6 Å². The number of carbonyl (C=O) groups excluding carboxylic acids is 1. The smallest absolute Gasteiger partial charge is 0.336 e. The van der Waals surface area contributed by atoms with Crippen molar-refractivity contribution in [3.63, 3.8) is 0 Å². The van der Waals surface area contributed by atoms with Crippen LogP contribution in [-0.2, 0) is 4.79 Å². The van der Waals surface area contributed by atoms with Crippen molar-refractivity contribution in [3.8, 4) is 0 Å². The molecule has 0 radical (unpaired) electrons. The summed E-state index contributed by atoms with van der Waals surface area (Å²) in [6.07, 6.45) is 0.375. The van der Waals surface area contributed by atoms with Crippen LogP contribution in [0.15, 0.2) is 33.5 Å². The molecule has 1 aromatic heterocycles. The van der Waals surface area contributed by atoms with Crippen LogP contribution < -0.4 is 21.8 Å². The lowest BCUT2D eigenvalue weighted by Crippen LogP contribution is -2.47.